The van der Waals surface area contributed by atoms with Crippen LogP contribution in [0, 0.1) is 18.6 Å². The van der Waals surface area contributed by atoms with Crippen molar-refractivity contribution >= 4 is 28.7 Å². The molecular weight excluding hydrogens is 566 g/mol. The molecule has 3 aromatic carbocycles. The summed E-state index contributed by atoms with van der Waals surface area (Å²) in [5.41, 5.74) is 3.74. The number of nitrogens with zero attached hydrogens (tertiary/aromatic N) is 4. The lowest BCUT2D eigenvalue weighted by molar-refractivity contribution is 0.0600. The molecule has 2 heterocycles. The third kappa shape index (κ3) is 6.54. The molecule has 0 aliphatic rings. The molecule has 0 aliphatic heterocycles. The Morgan fingerprint density at radius 1 is 0.977 bits per heavy atom. The van der Waals surface area contributed by atoms with Crippen LogP contribution in [0.5, 0.6) is 0 Å². The van der Waals surface area contributed by atoms with Crippen LogP contribution in [-0.4, -0.2) is 38.2 Å². The van der Waals surface area contributed by atoms with E-state index < -0.39 is 17.2 Å². The summed E-state index contributed by atoms with van der Waals surface area (Å²) in [6.45, 7) is 1.70. The van der Waals surface area contributed by atoms with E-state index >= 15 is 0 Å². The molecule has 0 unspecified atom stereocenters. The highest BCUT2D eigenvalue weighted by atomic mass is 19.2. The van der Waals surface area contributed by atoms with Gasteiger partial charge in [-0.05, 0) is 66.4 Å². The zero-order valence-electron chi connectivity index (χ0n) is 24.5. The lowest BCUT2D eigenvalue weighted by Gasteiger charge is -2.08. The molecule has 0 saturated heterocycles. The van der Waals surface area contributed by atoms with Crippen LogP contribution in [0.1, 0.15) is 61.8 Å². The van der Waals surface area contributed by atoms with Gasteiger partial charge in [0.05, 0.1) is 24.7 Å². The van der Waals surface area contributed by atoms with E-state index in [2.05, 4.69) is 9.97 Å². The molecule has 0 radical (unpaired) electrons. The van der Waals surface area contributed by atoms with Crippen molar-refractivity contribution in [2.45, 2.75) is 32.7 Å². The summed E-state index contributed by atoms with van der Waals surface area (Å²) in [6.07, 6.45) is 6.64. The van der Waals surface area contributed by atoms with Gasteiger partial charge in [-0.2, -0.15) is 0 Å². The van der Waals surface area contributed by atoms with Crippen molar-refractivity contribution in [2.75, 3.05) is 7.11 Å². The summed E-state index contributed by atoms with van der Waals surface area (Å²) in [4.78, 5) is 46.9. The van der Waals surface area contributed by atoms with Crippen LogP contribution in [0.3, 0.4) is 0 Å². The number of carbonyl (C=O) groups is 2. The fourth-order valence-electron chi connectivity index (χ4n) is 4.97. The number of Topliss-reactive ketones (excluding diaryl/α,β-unsaturated/α-hetero) is 1. The SMILES string of the molecule is COC(=O)c1ccc(Cc2ncc3cc(/C=C/CCC(=O)c4c(C)n(C)n(Cc5ccc(F)c(F)c5)c4=O)ccc3n2)cc1. The van der Waals surface area contributed by atoms with Crippen molar-refractivity contribution in [3.8, 4) is 0 Å². The fraction of sp³-hybridized carbons (Fsp3) is 0.206. The Morgan fingerprint density at radius 2 is 1.73 bits per heavy atom. The molecule has 0 fully saturated rings. The monoisotopic (exact) mass is 596 g/mol. The normalized spacial score (nSPS) is 11.4. The van der Waals surface area contributed by atoms with Gasteiger partial charge in [0.15, 0.2) is 17.4 Å². The van der Waals surface area contributed by atoms with E-state index in [9.17, 15) is 23.2 Å². The number of ketones is 1. The summed E-state index contributed by atoms with van der Waals surface area (Å²) in [6, 6.07) is 16.4. The Morgan fingerprint density at radius 3 is 2.45 bits per heavy atom. The number of rotatable bonds is 10. The third-order valence-electron chi connectivity index (χ3n) is 7.49. The van der Waals surface area contributed by atoms with Gasteiger partial charge in [0.2, 0.25) is 0 Å². The molecular formula is C34H30F2N4O4. The highest BCUT2D eigenvalue weighted by Gasteiger charge is 2.21. The summed E-state index contributed by atoms with van der Waals surface area (Å²) < 4.78 is 34.6. The third-order valence-corrected chi connectivity index (χ3v) is 7.49. The van der Waals surface area contributed by atoms with E-state index in [4.69, 9.17) is 4.74 Å². The molecule has 0 saturated carbocycles. The van der Waals surface area contributed by atoms with Gasteiger partial charge in [-0.15, -0.1) is 0 Å². The zero-order valence-corrected chi connectivity index (χ0v) is 24.5. The van der Waals surface area contributed by atoms with Crippen LogP contribution in [-0.2, 0) is 24.8 Å². The smallest absolute Gasteiger partial charge is 0.337 e. The second kappa shape index (κ2) is 12.9. The first-order valence-corrected chi connectivity index (χ1v) is 14.0. The maximum atomic E-state index is 13.6. The summed E-state index contributed by atoms with van der Waals surface area (Å²) in [5.74, 6) is -1.96. The van der Waals surface area contributed by atoms with Crippen molar-refractivity contribution in [1.82, 2.24) is 19.3 Å². The molecule has 0 amide bonds. The summed E-state index contributed by atoms with van der Waals surface area (Å²) in [5, 5.41) is 0.870. The topological polar surface area (TPSA) is 96.1 Å². The average molecular weight is 597 g/mol. The molecule has 0 bridgehead atoms. The van der Waals surface area contributed by atoms with Crippen LogP contribution in [0.2, 0.25) is 0 Å². The number of methoxy groups -OCH3 is 1. The molecule has 224 valence electrons. The van der Waals surface area contributed by atoms with Crippen LogP contribution < -0.4 is 5.56 Å². The number of esters is 1. The zero-order chi connectivity index (χ0) is 31.4. The van der Waals surface area contributed by atoms with Crippen LogP contribution >= 0.6 is 0 Å². The maximum Gasteiger partial charge on any atom is 0.337 e. The molecule has 0 aliphatic carbocycles. The number of ether oxygens (including phenoxy) is 1. The van der Waals surface area contributed by atoms with E-state index in [-0.39, 0.29) is 30.3 Å². The second-order valence-electron chi connectivity index (χ2n) is 10.4. The molecule has 0 spiro atoms. The minimum Gasteiger partial charge on any atom is -0.465 e. The van der Waals surface area contributed by atoms with Gasteiger partial charge in [-0.25, -0.2) is 28.2 Å². The quantitative estimate of drug-likeness (QED) is 0.149. The number of hydrogen-bond donors (Lipinski definition) is 0. The van der Waals surface area contributed by atoms with Gasteiger partial charge in [-0.1, -0.05) is 36.4 Å². The first-order chi connectivity index (χ1) is 21.1. The highest BCUT2D eigenvalue weighted by Crippen LogP contribution is 2.18. The van der Waals surface area contributed by atoms with Crippen molar-refractivity contribution in [3.63, 3.8) is 0 Å². The van der Waals surface area contributed by atoms with Gasteiger partial charge in [0.1, 0.15) is 11.4 Å². The Hall–Kier alpha value is -5.25. The Kier molecular flexibility index (Phi) is 8.89. The molecule has 0 atom stereocenters. The fourth-order valence-corrected chi connectivity index (χ4v) is 4.97. The number of benzene rings is 3. The van der Waals surface area contributed by atoms with Crippen molar-refractivity contribution in [3.05, 3.63) is 134 Å². The lowest BCUT2D eigenvalue weighted by atomic mass is 10.1. The standard InChI is InChI=1S/C34H30F2N4O4/c1-21-32(33(42)40(39(21)2)20-24-10-14-27(35)28(36)17-24)30(41)7-5-4-6-22-11-15-29-26(16-22)19-37-31(38-29)18-23-8-12-25(13-9-23)34(43)44-3/h4,6,8-17,19H,5,7,18,20H2,1-3H3/b6-4+. The lowest BCUT2D eigenvalue weighted by Crippen LogP contribution is -2.25. The van der Waals surface area contributed by atoms with Crippen LogP contribution in [0.4, 0.5) is 8.78 Å². The van der Waals surface area contributed by atoms with E-state index in [0.29, 0.717) is 35.5 Å². The molecule has 5 rings (SSSR count). The minimum atomic E-state index is -0.992. The van der Waals surface area contributed by atoms with Crippen LogP contribution in [0.25, 0.3) is 17.0 Å². The van der Waals surface area contributed by atoms with Crippen molar-refractivity contribution < 1.29 is 23.1 Å². The minimum absolute atomic E-state index is 0.0118. The van der Waals surface area contributed by atoms with Gasteiger partial charge in [-0.3, -0.25) is 14.3 Å². The average Bonchev–Trinajstić information content (AvgIpc) is 3.23. The predicted molar refractivity (Wildman–Crippen MR) is 163 cm³/mol. The number of aromatic nitrogens is 4. The van der Waals surface area contributed by atoms with Crippen LogP contribution in [0.15, 0.2) is 77.7 Å². The number of carbonyl (C=O) groups excluding carboxylic acids is 2. The predicted octanol–water partition coefficient (Wildman–Crippen LogP) is 5.82. The largest absolute Gasteiger partial charge is 0.465 e. The van der Waals surface area contributed by atoms with E-state index in [1.165, 1.54) is 17.9 Å². The van der Waals surface area contributed by atoms with E-state index in [1.807, 2.05) is 42.5 Å². The molecule has 2 aromatic heterocycles. The number of allylic oxidation sites excluding steroid dienone is 1. The van der Waals surface area contributed by atoms with Gasteiger partial charge in [0.25, 0.3) is 5.56 Å². The number of hydrogen-bond acceptors (Lipinski definition) is 6. The number of halogens is 2. The first kappa shape index (κ1) is 30.2. The molecule has 44 heavy (non-hydrogen) atoms. The molecule has 10 heteroatoms. The Labute approximate surface area is 252 Å². The molecule has 0 N–H and O–H groups in total. The number of fused-ring (bicyclic) bond motifs is 1. The Balaban J connectivity index is 1.21. The molecule has 5 aromatic rings. The highest BCUT2D eigenvalue weighted by molar-refractivity contribution is 5.97. The second-order valence-corrected chi connectivity index (χ2v) is 10.4. The van der Waals surface area contributed by atoms with Crippen molar-refractivity contribution in [1.29, 1.82) is 0 Å². The summed E-state index contributed by atoms with van der Waals surface area (Å²) in [7, 11) is 3.00. The van der Waals surface area contributed by atoms with E-state index in [1.54, 1.807) is 37.0 Å². The Bertz CT molecular complexity index is 1960. The van der Waals surface area contributed by atoms with Gasteiger partial charge in [0, 0.05) is 37.2 Å². The summed E-state index contributed by atoms with van der Waals surface area (Å²) >= 11 is 0. The first-order valence-electron chi connectivity index (χ1n) is 14.0. The van der Waals surface area contributed by atoms with Crippen molar-refractivity contribution in [2.24, 2.45) is 7.05 Å². The molecule has 8 nitrogen and oxygen atoms in total. The van der Waals surface area contributed by atoms with Gasteiger partial charge >= 0.3 is 5.97 Å². The maximum absolute atomic E-state index is 13.6. The van der Waals surface area contributed by atoms with Gasteiger partial charge < -0.3 is 4.74 Å². The van der Waals surface area contributed by atoms with E-state index in [0.717, 1.165) is 34.2 Å².